The summed E-state index contributed by atoms with van der Waals surface area (Å²) in [6, 6.07) is 11.6. The van der Waals surface area contributed by atoms with Crippen LogP contribution in [0, 0.1) is 23.6 Å². The van der Waals surface area contributed by atoms with Crippen LogP contribution < -0.4 is 9.62 Å². The van der Waals surface area contributed by atoms with Gasteiger partial charge in [0.1, 0.15) is 11.7 Å². The molecule has 2 aromatic carbocycles. The monoisotopic (exact) mass is 488 g/mol. The predicted octanol–water partition coefficient (Wildman–Crippen LogP) is 4.69. The molecule has 2 amide bonds. The summed E-state index contributed by atoms with van der Waals surface area (Å²) in [7, 11) is -4.13. The first-order valence-corrected chi connectivity index (χ1v) is 13.2. The van der Waals surface area contributed by atoms with Crippen LogP contribution in [-0.2, 0) is 26.0 Å². The van der Waals surface area contributed by atoms with Crippen LogP contribution in [0.15, 0.2) is 53.4 Å². The fourth-order valence-corrected chi connectivity index (χ4v) is 5.01. The van der Waals surface area contributed by atoms with Crippen LogP contribution in [-0.4, -0.2) is 26.3 Å². The summed E-state index contributed by atoms with van der Waals surface area (Å²) in [6.07, 6.45) is 2.90. The number of halogens is 1. The van der Waals surface area contributed by atoms with Crippen molar-refractivity contribution in [2.45, 2.75) is 64.3 Å². The van der Waals surface area contributed by atoms with Crippen LogP contribution >= 0.6 is 0 Å². The van der Waals surface area contributed by atoms with Crippen molar-refractivity contribution in [2.24, 2.45) is 17.8 Å². The summed E-state index contributed by atoms with van der Waals surface area (Å²) >= 11 is 0. The van der Waals surface area contributed by atoms with E-state index in [0.29, 0.717) is 11.6 Å². The number of rotatable bonds is 10. The van der Waals surface area contributed by atoms with E-state index >= 15 is 0 Å². The number of nitrogens with one attached hydrogen (secondary N) is 1. The zero-order valence-corrected chi connectivity index (χ0v) is 20.9. The number of nitrogens with zero attached hydrogens (tertiary/aromatic N) is 1. The van der Waals surface area contributed by atoms with Crippen LogP contribution in [0.1, 0.15) is 52.5 Å². The molecule has 184 valence electrons. The van der Waals surface area contributed by atoms with E-state index in [9.17, 15) is 22.4 Å². The Morgan fingerprint density at radius 2 is 1.59 bits per heavy atom. The van der Waals surface area contributed by atoms with E-state index in [0.717, 1.165) is 24.8 Å². The summed E-state index contributed by atoms with van der Waals surface area (Å²) in [5.41, 5.74) is 1.47. The number of amides is 2. The van der Waals surface area contributed by atoms with Gasteiger partial charge in [0.25, 0.3) is 10.0 Å². The summed E-state index contributed by atoms with van der Waals surface area (Å²) in [5, 5.41) is 0. The molecule has 1 aliphatic carbocycles. The number of hydrogen-bond donors (Lipinski definition) is 1. The fourth-order valence-electron chi connectivity index (χ4n) is 3.99. The molecule has 1 saturated carbocycles. The number of carbonyl (C=O) groups excluding carboxylic acids is 2. The molecule has 8 heteroatoms. The van der Waals surface area contributed by atoms with Gasteiger partial charge in [-0.2, -0.15) is 0 Å². The van der Waals surface area contributed by atoms with Crippen molar-refractivity contribution in [2.75, 3.05) is 4.90 Å². The number of sulfonamides is 1. The predicted molar refractivity (Wildman–Crippen MR) is 130 cm³/mol. The smallest absolute Gasteiger partial charge is 0.264 e. The van der Waals surface area contributed by atoms with Gasteiger partial charge in [0.15, 0.2) is 0 Å². The van der Waals surface area contributed by atoms with Crippen molar-refractivity contribution >= 4 is 27.5 Å². The number of anilines is 1. The molecule has 1 aliphatic rings. The van der Waals surface area contributed by atoms with Crippen LogP contribution in [0.2, 0.25) is 0 Å². The standard InChI is InChI=1S/C26H33FN2O4S/c1-17(2)15-19-7-13-23(14-8-19)34(32,33)28-25(30)24(16-20-5-6-20)26(31)29(18(3)4)22-11-9-21(27)10-12-22/h7-14,17-18,20,24H,5-6,15-16H2,1-4H3,(H,28,30). The van der Waals surface area contributed by atoms with Crippen molar-refractivity contribution in [3.63, 3.8) is 0 Å². The lowest BCUT2D eigenvalue weighted by atomic mass is 9.98. The SMILES string of the molecule is CC(C)Cc1ccc(S(=O)(=O)NC(=O)C(CC2CC2)C(=O)N(c2ccc(F)cc2)C(C)C)cc1. The van der Waals surface area contributed by atoms with E-state index in [2.05, 4.69) is 18.6 Å². The number of carbonyl (C=O) groups is 2. The highest BCUT2D eigenvalue weighted by atomic mass is 32.2. The van der Waals surface area contributed by atoms with E-state index in [1.165, 1.54) is 41.3 Å². The van der Waals surface area contributed by atoms with E-state index in [1.54, 1.807) is 26.0 Å². The van der Waals surface area contributed by atoms with E-state index in [4.69, 9.17) is 0 Å². The van der Waals surface area contributed by atoms with Crippen LogP contribution in [0.4, 0.5) is 10.1 Å². The first-order valence-electron chi connectivity index (χ1n) is 11.7. The topological polar surface area (TPSA) is 83.5 Å². The third kappa shape index (κ3) is 6.65. The molecule has 1 fully saturated rings. The third-order valence-electron chi connectivity index (χ3n) is 5.85. The van der Waals surface area contributed by atoms with Gasteiger partial charge in [-0.3, -0.25) is 9.59 Å². The van der Waals surface area contributed by atoms with E-state index < -0.39 is 33.6 Å². The molecule has 3 rings (SSSR count). The normalized spacial score (nSPS) is 14.8. The Bertz CT molecular complexity index is 1110. The minimum Gasteiger partial charge on any atom is -0.309 e. The Morgan fingerprint density at radius 3 is 2.09 bits per heavy atom. The van der Waals surface area contributed by atoms with E-state index in [1.807, 2.05) is 0 Å². The largest absolute Gasteiger partial charge is 0.309 e. The highest BCUT2D eigenvalue weighted by Crippen LogP contribution is 2.37. The summed E-state index contributed by atoms with van der Waals surface area (Å²) in [5.74, 6) is -2.28. The average Bonchev–Trinajstić information content (AvgIpc) is 3.57. The molecule has 34 heavy (non-hydrogen) atoms. The molecule has 6 nitrogen and oxygen atoms in total. The Balaban J connectivity index is 1.83. The van der Waals surface area contributed by atoms with Crippen LogP contribution in [0.5, 0.6) is 0 Å². The summed E-state index contributed by atoms with van der Waals surface area (Å²) in [4.78, 5) is 28.1. The van der Waals surface area contributed by atoms with Crippen molar-refractivity contribution in [1.82, 2.24) is 4.72 Å². The fraction of sp³-hybridized carbons (Fsp3) is 0.462. The quantitative estimate of drug-likeness (QED) is 0.492. The Morgan fingerprint density at radius 1 is 1.00 bits per heavy atom. The van der Waals surface area contributed by atoms with Crippen molar-refractivity contribution < 1.29 is 22.4 Å². The summed E-state index contributed by atoms with van der Waals surface area (Å²) in [6.45, 7) is 7.74. The van der Waals surface area contributed by atoms with Crippen LogP contribution in [0.25, 0.3) is 0 Å². The molecule has 0 radical (unpaired) electrons. The molecule has 1 atom stereocenters. The zero-order valence-electron chi connectivity index (χ0n) is 20.1. The maximum absolute atomic E-state index is 13.5. The molecule has 0 aliphatic heterocycles. The maximum Gasteiger partial charge on any atom is 0.264 e. The second-order valence-electron chi connectivity index (χ2n) is 9.72. The van der Waals surface area contributed by atoms with Gasteiger partial charge < -0.3 is 4.90 Å². The molecule has 1 N–H and O–H groups in total. The molecule has 0 heterocycles. The first-order chi connectivity index (χ1) is 16.0. The third-order valence-corrected chi connectivity index (χ3v) is 7.21. The lowest BCUT2D eigenvalue weighted by Crippen LogP contribution is -2.48. The lowest BCUT2D eigenvalue weighted by molar-refractivity contribution is -0.133. The van der Waals surface area contributed by atoms with Gasteiger partial charge in [-0.05, 0) is 80.5 Å². The Kier molecular flexibility index (Phi) is 8.13. The Hall–Kier alpha value is -2.74. The zero-order chi connectivity index (χ0) is 25.0. The lowest BCUT2D eigenvalue weighted by Gasteiger charge is -2.30. The van der Waals surface area contributed by atoms with E-state index in [-0.39, 0.29) is 23.3 Å². The highest BCUT2D eigenvalue weighted by molar-refractivity contribution is 7.90. The molecule has 2 aromatic rings. The molecule has 1 unspecified atom stereocenters. The van der Waals surface area contributed by atoms with Crippen molar-refractivity contribution in [1.29, 1.82) is 0 Å². The van der Waals surface area contributed by atoms with Gasteiger partial charge in [-0.1, -0.05) is 38.8 Å². The molecular formula is C26H33FN2O4S. The van der Waals surface area contributed by atoms with Gasteiger partial charge in [0, 0.05) is 11.7 Å². The van der Waals surface area contributed by atoms with Gasteiger partial charge in [0.05, 0.1) is 4.90 Å². The minimum absolute atomic E-state index is 0.0229. The van der Waals surface area contributed by atoms with Gasteiger partial charge in [-0.15, -0.1) is 0 Å². The second-order valence-corrected chi connectivity index (χ2v) is 11.4. The highest BCUT2D eigenvalue weighted by Gasteiger charge is 2.39. The summed E-state index contributed by atoms with van der Waals surface area (Å²) < 4.78 is 41.4. The number of benzene rings is 2. The second kappa shape index (κ2) is 10.7. The molecule has 0 spiro atoms. The van der Waals surface area contributed by atoms with Gasteiger partial charge in [0.2, 0.25) is 11.8 Å². The van der Waals surface area contributed by atoms with Crippen LogP contribution in [0.3, 0.4) is 0 Å². The molecule has 0 aromatic heterocycles. The van der Waals surface area contributed by atoms with Crippen molar-refractivity contribution in [3.8, 4) is 0 Å². The molecular weight excluding hydrogens is 455 g/mol. The molecule has 0 saturated heterocycles. The average molecular weight is 489 g/mol. The van der Waals surface area contributed by atoms with Gasteiger partial charge >= 0.3 is 0 Å². The van der Waals surface area contributed by atoms with Gasteiger partial charge in [-0.25, -0.2) is 17.5 Å². The number of hydrogen-bond acceptors (Lipinski definition) is 4. The minimum atomic E-state index is -4.13. The molecule has 0 bridgehead atoms. The first kappa shape index (κ1) is 25.9. The Labute approximate surface area is 201 Å². The van der Waals surface area contributed by atoms with Crippen molar-refractivity contribution in [3.05, 3.63) is 59.9 Å². The maximum atomic E-state index is 13.5.